The van der Waals surface area contributed by atoms with E-state index in [-0.39, 0.29) is 11.8 Å². The van der Waals surface area contributed by atoms with Crippen LogP contribution in [0.1, 0.15) is 54.6 Å². The molecule has 0 aliphatic heterocycles. The molecular formula is C43H36N8O2S2. The number of thiazole rings is 2. The van der Waals surface area contributed by atoms with Gasteiger partial charge in [-0.3, -0.25) is 30.2 Å². The van der Waals surface area contributed by atoms with Crippen molar-refractivity contribution in [3.8, 4) is 11.3 Å². The number of aryl methyl sites for hydroxylation is 2. The minimum Gasteiger partial charge on any atom is -0.339 e. The number of carbonyl (C=O) groups is 2. The average molecular weight is 761 g/mol. The first-order valence-corrected chi connectivity index (χ1v) is 19.6. The van der Waals surface area contributed by atoms with E-state index in [0.29, 0.717) is 34.7 Å². The van der Waals surface area contributed by atoms with E-state index in [0.717, 1.165) is 58.6 Å². The van der Waals surface area contributed by atoms with E-state index in [1.54, 1.807) is 12.4 Å². The number of amides is 2. The summed E-state index contributed by atoms with van der Waals surface area (Å²) >= 11 is 2.86. The second-order valence-electron chi connectivity index (χ2n) is 13.0. The van der Waals surface area contributed by atoms with Crippen LogP contribution in [0.2, 0.25) is 0 Å². The Morgan fingerprint density at radius 1 is 0.582 bits per heavy atom. The van der Waals surface area contributed by atoms with Gasteiger partial charge in [-0.05, 0) is 89.7 Å². The molecule has 6 heterocycles. The van der Waals surface area contributed by atoms with E-state index in [1.165, 1.54) is 28.2 Å². The maximum atomic E-state index is 13.3. The number of anilines is 2. The maximum absolute atomic E-state index is 13.3. The van der Waals surface area contributed by atoms with Crippen molar-refractivity contribution < 1.29 is 9.59 Å². The minimum absolute atomic E-state index is 0.192. The van der Waals surface area contributed by atoms with Gasteiger partial charge in [0.15, 0.2) is 10.3 Å². The molecule has 2 N–H and O–H groups in total. The zero-order valence-corrected chi connectivity index (χ0v) is 31.3. The molecule has 2 aromatic carbocycles. The molecule has 0 atom stereocenters. The molecule has 0 spiro atoms. The summed E-state index contributed by atoms with van der Waals surface area (Å²) in [5, 5.41) is 11.1. The number of hydrogen-bond donors (Lipinski definition) is 2. The van der Waals surface area contributed by atoms with Gasteiger partial charge >= 0.3 is 0 Å². The minimum atomic E-state index is -0.200. The smallest absolute Gasteiger partial charge is 0.274 e. The molecule has 10 nitrogen and oxygen atoms in total. The Morgan fingerprint density at radius 2 is 1.22 bits per heavy atom. The van der Waals surface area contributed by atoms with Gasteiger partial charge in [0.05, 0.1) is 17.1 Å². The number of carbonyl (C=O) groups excluding carboxylic acids is 2. The first-order chi connectivity index (χ1) is 27.0. The third kappa shape index (κ3) is 9.01. The summed E-state index contributed by atoms with van der Waals surface area (Å²) < 4.78 is 3.86. The lowest BCUT2D eigenvalue weighted by atomic mass is 10.0. The quantitative estimate of drug-likeness (QED) is 0.115. The van der Waals surface area contributed by atoms with Crippen molar-refractivity contribution in [2.75, 3.05) is 10.6 Å². The van der Waals surface area contributed by atoms with Crippen LogP contribution in [0.4, 0.5) is 10.3 Å². The highest BCUT2D eigenvalue weighted by Gasteiger charge is 2.16. The van der Waals surface area contributed by atoms with Crippen molar-refractivity contribution in [3.05, 3.63) is 190 Å². The lowest BCUT2D eigenvalue weighted by molar-refractivity contribution is 0.101. The average Bonchev–Trinajstić information content (AvgIpc) is 4.05. The van der Waals surface area contributed by atoms with E-state index in [9.17, 15) is 9.59 Å². The standard InChI is InChI=1S/C43H36N8O2S2/c52-40(38-11-5-21-50(38)26-32-15-18-44-19-16-32)48-42-46-35(28-54-42)14-13-31-9-4-10-34(23-31)37-25-33(17-20-45-37)27-51-22-6-12-39(51)41(53)49-43-47-36(29-55-43)24-30-7-2-1-3-8-30/h1-12,15-23,25,28-29H,13-14,24,26-27H2,(H,46,48,52)(H,47,49,53). The van der Waals surface area contributed by atoms with Crippen LogP contribution in [0.3, 0.4) is 0 Å². The molecule has 12 heteroatoms. The number of rotatable bonds is 14. The van der Waals surface area contributed by atoms with Gasteiger partial charge in [0, 0.05) is 66.8 Å². The van der Waals surface area contributed by atoms with Crippen LogP contribution in [0, 0.1) is 0 Å². The molecule has 0 bridgehead atoms. The Labute approximate surface area is 326 Å². The van der Waals surface area contributed by atoms with Gasteiger partial charge in [-0.25, -0.2) is 9.97 Å². The van der Waals surface area contributed by atoms with Gasteiger partial charge in [-0.1, -0.05) is 48.5 Å². The van der Waals surface area contributed by atoms with Crippen LogP contribution in [-0.4, -0.2) is 40.9 Å². The number of pyridine rings is 2. The molecule has 0 aliphatic rings. The molecule has 55 heavy (non-hydrogen) atoms. The fourth-order valence-corrected chi connectivity index (χ4v) is 7.78. The molecule has 0 unspecified atom stereocenters. The highest BCUT2D eigenvalue weighted by Crippen LogP contribution is 2.24. The van der Waals surface area contributed by atoms with Crippen LogP contribution in [-0.2, 0) is 32.4 Å². The largest absolute Gasteiger partial charge is 0.339 e. The van der Waals surface area contributed by atoms with Gasteiger partial charge in [-0.15, -0.1) is 22.7 Å². The maximum Gasteiger partial charge on any atom is 0.274 e. The molecule has 0 saturated carbocycles. The molecule has 6 aromatic heterocycles. The summed E-state index contributed by atoms with van der Waals surface area (Å²) in [4.78, 5) is 44.5. The predicted molar refractivity (Wildman–Crippen MR) is 218 cm³/mol. The monoisotopic (exact) mass is 760 g/mol. The SMILES string of the molecule is O=C(Nc1nc(CCc2cccc(-c3cc(Cn4cccc4C(=O)Nc4nc(Cc5ccccc5)cs4)ccn3)c2)cs1)c1cccn1Cc1ccncc1. The summed E-state index contributed by atoms with van der Waals surface area (Å²) in [5.74, 6) is -0.392. The Bertz CT molecular complexity index is 2540. The zero-order valence-electron chi connectivity index (χ0n) is 29.7. The third-order valence-electron chi connectivity index (χ3n) is 9.07. The van der Waals surface area contributed by atoms with Crippen molar-refractivity contribution in [1.82, 2.24) is 29.1 Å². The van der Waals surface area contributed by atoms with Crippen LogP contribution in [0.5, 0.6) is 0 Å². The third-order valence-corrected chi connectivity index (χ3v) is 10.7. The molecule has 8 aromatic rings. The molecule has 0 radical (unpaired) electrons. The summed E-state index contributed by atoms with van der Waals surface area (Å²) in [6.07, 6.45) is 11.4. The Morgan fingerprint density at radius 3 is 1.95 bits per heavy atom. The van der Waals surface area contributed by atoms with E-state index in [2.05, 4.69) is 62.0 Å². The lowest BCUT2D eigenvalue weighted by Gasteiger charge is -2.11. The predicted octanol–water partition coefficient (Wildman–Crippen LogP) is 8.64. The number of nitrogens with one attached hydrogen (secondary N) is 2. The second kappa shape index (κ2) is 16.7. The van der Waals surface area contributed by atoms with Crippen LogP contribution in [0.15, 0.2) is 145 Å². The summed E-state index contributed by atoms with van der Waals surface area (Å²) in [6.45, 7) is 1.10. The number of aromatic nitrogens is 6. The highest BCUT2D eigenvalue weighted by molar-refractivity contribution is 7.14. The van der Waals surface area contributed by atoms with E-state index in [4.69, 9.17) is 4.98 Å². The fourth-order valence-electron chi connectivity index (χ4n) is 6.34. The first kappa shape index (κ1) is 35.5. The molecule has 0 fully saturated rings. The van der Waals surface area contributed by atoms with Gasteiger partial charge < -0.3 is 9.13 Å². The molecule has 8 rings (SSSR count). The van der Waals surface area contributed by atoms with Gasteiger partial charge in [0.2, 0.25) is 0 Å². The number of hydrogen-bond acceptors (Lipinski definition) is 8. The van der Waals surface area contributed by atoms with E-state index >= 15 is 0 Å². The van der Waals surface area contributed by atoms with Gasteiger partial charge in [-0.2, -0.15) is 0 Å². The molecule has 272 valence electrons. The molecule has 0 saturated heterocycles. The van der Waals surface area contributed by atoms with Crippen molar-refractivity contribution >= 4 is 44.8 Å². The Balaban J connectivity index is 0.866. The number of nitrogens with zero attached hydrogens (tertiary/aromatic N) is 6. The normalized spacial score (nSPS) is 11.1. The Kier molecular flexibility index (Phi) is 10.8. The summed E-state index contributed by atoms with van der Waals surface area (Å²) in [5.41, 5.74) is 9.29. The summed E-state index contributed by atoms with van der Waals surface area (Å²) in [6, 6.07) is 33.9. The van der Waals surface area contributed by atoms with Crippen molar-refractivity contribution in [3.63, 3.8) is 0 Å². The van der Waals surface area contributed by atoms with Crippen molar-refractivity contribution in [2.45, 2.75) is 32.4 Å². The van der Waals surface area contributed by atoms with E-state index < -0.39 is 0 Å². The van der Waals surface area contributed by atoms with Gasteiger partial charge in [0.1, 0.15) is 11.4 Å². The van der Waals surface area contributed by atoms with Gasteiger partial charge in [0.25, 0.3) is 11.8 Å². The molecule has 0 aliphatic carbocycles. The second-order valence-corrected chi connectivity index (χ2v) is 14.7. The van der Waals surface area contributed by atoms with E-state index in [1.807, 2.05) is 105 Å². The fraction of sp³-hybridized carbons (Fsp3) is 0.116. The summed E-state index contributed by atoms with van der Waals surface area (Å²) in [7, 11) is 0. The highest BCUT2D eigenvalue weighted by atomic mass is 32.1. The van der Waals surface area contributed by atoms with Crippen LogP contribution >= 0.6 is 22.7 Å². The lowest BCUT2D eigenvalue weighted by Crippen LogP contribution is -2.17. The van der Waals surface area contributed by atoms with Crippen molar-refractivity contribution in [2.24, 2.45) is 0 Å². The number of benzene rings is 2. The first-order valence-electron chi connectivity index (χ1n) is 17.8. The molecule has 2 amide bonds. The van der Waals surface area contributed by atoms with Crippen molar-refractivity contribution in [1.29, 1.82) is 0 Å². The topological polar surface area (TPSA) is 120 Å². The molecular weight excluding hydrogens is 725 g/mol. The Hall–Kier alpha value is -6.50. The van der Waals surface area contributed by atoms with Crippen LogP contribution < -0.4 is 10.6 Å². The zero-order chi connectivity index (χ0) is 37.4. The van der Waals surface area contributed by atoms with Crippen LogP contribution in [0.25, 0.3) is 11.3 Å².